The molecule has 1 N–H and O–H groups in total. The predicted molar refractivity (Wildman–Crippen MR) is 77.8 cm³/mol. The van der Waals surface area contributed by atoms with E-state index in [0.717, 1.165) is 35.0 Å². The van der Waals surface area contributed by atoms with E-state index >= 15 is 0 Å². The van der Waals surface area contributed by atoms with Crippen LogP contribution in [0.4, 0.5) is 4.79 Å². The van der Waals surface area contributed by atoms with Crippen LogP contribution in [0, 0.1) is 13.8 Å². The molecule has 1 aromatic carbocycles. The number of carbonyl (C=O) groups excluding carboxylic acids is 1. The maximum Gasteiger partial charge on any atom is 0.344 e. The first-order valence-electron chi connectivity index (χ1n) is 7.28. The van der Waals surface area contributed by atoms with Crippen LogP contribution in [-0.4, -0.2) is 27.1 Å². The molecule has 1 aliphatic carbocycles. The van der Waals surface area contributed by atoms with Gasteiger partial charge in [0.25, 0.3) is 0 Å². The van der Waals surface area contributed by atoms with Crippen LogP contribution in [0.1, 0.15) is 43.2 Å². The molecule has 106 valence electrons. The lowest BCUT2D eigenvalue weighted by molar-refractivity contribution is 0.231. The lowest BCUT2D eigenvalue weighted by atomic mass is 9.96. The average molecular weight is 272 g/mol. The van der Waals surface area contributed by atoms with E-state index in [0.29, 0.717) is 0 Å². The molecule has 0 bridgehead atoms. The van der Waals surface area contributed by atoms with Crippen molar-refractivity contribution in [3.05, 3.63) is 23.3 Å². The number of nitrogens with zero attached hydrogens (tertiary/aromatic N) is 3. The van der Waals surface area contributed by atoms with Gasteiger partial charge in [-0.15, -0.1) is 5.10 Å². The zero-order valence-electron chi connectivity index (χ0n) is 12.0. The Labute approximate surface area is 118 Å². The maximum atomic E-state index is 12.3. The summed E-state index contributed by atoms with van der Waals surface area (Å²) in [5.74, 6) is 0. The Hall–Kier alpha value is -1.91. The number of aryl methyl sites for hydroxylation is 2. The van der Waals surface area contributed by atoms with Crippen LogP contribution in [0.3, 0.4) is 0 Å². The molecular weight excluding hydrogens is 252 g/mol. The Morgan fingerprint density at radius 1 is 1.20 bits per heavy atom. The van der Waals surface area contributed by atoms with Gasteiger partial charge in [0, 0.05) is 6.04 Å². The van der Waals surface area contributed by atoms with Gasteiger partial charge in [0.15, 0.2) is 0 Å². The Kier molecular flexibility index (Phi) is 3.42. The third-order valence-electron chi connectivity index (χ3n) is 4.19. The van der Waals surface area contributed by atoms with Gasteiger partial charge in [-0.05, 0) is 49.9 Å². The van der Waals surface area contributed by atoms with Crippen molar-refractivity contribution < 1.29 is 4.79 Å². The molecule has 0 radical (unpaired) electrons. The Balaban J connectivity index is 1.85. The summed E-state index contributed by atoms with van der Waals surface area (Å²) >= 11 is 0. The molecule has 1 aliphatic rings. The molecule has 20 heavy (non-hydrogen) atoms. The van der Waals surface area contributed by atoms with Crippen LogP contribution in [-0.2, 0) is 0 Å². The number of hydrogen-bond donors (Lipinski definition) is 1. The van der Waals surface area contributed by atoms with E-state index in [1.54, 1.807) is 0 Å². The molecule has 1 aromatic heterocycles. The van der Waals surface area contributed by atoms with Gasteiger partial charge in [-0.25, -0.2) is 4.79 Å². The predicted octanol–water partition coefficient (Wildman–Crippen LogP) is 2.94. The van der Waals surface area contributed by atoms with Gasteiger partial charge >= 0.3 is 6.03 Å². The molecular formula is C15H20N4O. The number of benzene rings is 1. The van der Waals surface area contributed by atoms with E-state index in [9.17, 15) is 4.79 Å². The molecule has 0 saturated heterocycles. The van der Waals surface area contributed by atoms with Gasteiger partial charge in [0.05, 0.1) is 5.52 Å². The van der Waals surface area contributed by atoms with E-state index in [1.807, 2.05) is 26.0 Å². The highest BCUT2D eigenvalue weighted by Crippen LogP contribution is 2.19. The third kappa shape index (κ3) is 2.40. The zero-order chi connectivity index (χ0) is 14.1. The Morgan fingerprint density at radius 2 is 1.90 bits per heavy atom. The minimum Gasteiger partial charge on any atom is -0.333 e. The first-order chi connectivity index (χ1) is 9.65. The summed E-state index contributed by atoms with van der Waals surface area (Å²) in [5, 5.41) is 11.2. The van der Waals surface area contributed by atoms with E-state index in [2.05, 4.69) is 15.6 Å². The molecule has 0 unspecified atom stereocenters. The van der Waals surface area contributed by atoms with Crippen molar-refractivity contribution in [1.82, 2.24) is 20.3 Å². The second-order valence-corrected chi connectivity index (χ2v) is 5.71. The summed E-state index contributed by atoms with van der Waals surface area (Å²) in [6, 6.07) is 4.07. The zero-order valence-corrected chi connectivity index (χ0v) is 12.0. The van der Waals surface area contributed by atoms with Crippen LogP contribution in [0.15, 0.2) is 12.1 Å². The fraction of sp³-hybridized carbons (Fsp3) is 0.533. The van der Waals surface area contributed by atoms with Gasteiger partial charge in [0.2, 0.25) is 0 Å². The third-order valence-corrected chi connectivity index (χ3v) is 4.19. The topological polar surface area (TPSA) is 59.8 Å². The Morgan fingerprint density at radius 3 is 2.65 bits per heavy atom. The summed E-state index contributed by atoms with van der Waals surface area (Å²) in [4.78, 5) is 12.3. The quantitative estimate of drug-likeness (QED) is 0.868. The molecule has 1 saturated carbocycles. The number of fused-ring (bicyclic) bond motifs is 1. The number of rotatable bonds is 1. The highest BCUT2D eigenvalue weighted by molar-refractivity contribution is 5.88. The van der Waals surface area contributed by atoms with Gasteiger partial charge in [-0.1, -0.05) is 24.5 Å². The van der Waals surface area contributed by atoms with Crippen molar-refractivity contribution in [2.45, 2.75) is 52.0 Å². The molecule has 2 aromatic rings. The molecule has 1 amide bonds. The average Bonchev–Trinajstić information content (AvgIpc) is 2.83. The van der Waals surface area contributed by atoms with Crippen LogP contribution < -0.4 is 5.32 Å². The minimum atomic E-state index is -0.164. The number of amides is 1. The molecule has 3 rings (SSSR count). The summed E-state index contributed by atoms with van der Waals surface area (Å²) < 4.78 is 1.39. The van der Waals surface area contributed by atoms with Crippen molar-refractivity contribution in [3.8, 4) is 0 Å². The second kappa shape index (κ2) is 5.23. The highest BCUT2D eigenvalue weighted by atomic mass is 16.2. The molecule has 0 aliphatic heterocycles. The van der Waals surface area contributed by atoms with Crippen molar-refractivity contribution in [3.63, 3.8) is 0 Å². The molecule has 5 heteroatoms. The largest absolute Gasteiger partial charge is 0.344 e. The summed E-state index contributed by atoms with van der Waals surface area (Å²) in [6.07, 6.45) is 5.80. The Bertz CT molecular complexity index is 641. The van der Waals surface area contributed by atoms with Gasteiger partial charge in [0.1, 0.15) is 5.52 Å². The standard InChI is InChI=1S/C15H20N4O/c1-10-8-13-14(9-11(10)2)19(18-17-13)15(20)16-12-6-4-3-5-7-12/h8-9,12H,3-7H2,1-2H3,(H,16,20). The molecule has 0 atom stereocenters. The first kappa shape index (κ1) is 13.1. The second-order valence-electron chi connectivity index (χ2n) is 5.71. The van der Waals surface area contributed by atoms with E-state index < -0.39 is 0 Å². The van der Waals surface area contributed by atoms with E-state index in [-0.39, 0.29) is 12.1 Å². The van der Waals surface area contributed by atoms with Crippen LogP contribution in [0.25, 0.3) is 11.0 Å². The molecule has 0 spiro atoms. The normalized spacial score (nSPS) is 16.5. The van der Waals surface area contributed by atoms with Crippen molar-refractivity contribution in [2.24, 2.45) is 0 Å². The molecule has 1 fully saturated rings. The van der Waals surface area contributed by atoms with Crippen LogP contribution in [0.2, 0.25) is 0 Å². The summed E-state index contributed by atoms with van der Waals surface area (Å²) in [7, 11) is 0. The van der Waals surface area contributed by atoms with E-state index in [1.165, 1.54) is 23.9 Å². The summed E-state index contributed by atoms with van der Waals surface area (Å²) in [6.45, 7) is 4.07. The van der Waals surface area contributed by atoms with E-state index in [4.69, 9.17) is 0 Å². The number of nitrogens with one attached hydrogen (secondary N) is 1. The monoisotopic (exact) mass is 272 g/mol. The smallest absolute Gasteiger partial charge is 0.333 e. The van der Waals surface area contributed by atoms with Gasteiger partial charge < -0.3 is 5.32 Å². The number of hydrogen-bond acceptors (Lipinski definition) is 3. The minimum absolute atomic E-state index is 0.164. The molecule has 5 nitrogen and oxygen atoms in total. The van der Waals surface area contributed by atoms with Gasteiger partial charge in [-0.2, -0.15) is 4.68 Å². The summed E-state index contributed by atoms with van der Waals surface area (Å²) in [5.41, 5.74) is 3.86. The highest BCUT2D eigenvalue weighted by Gasteiger charge is 2.19. The SMILES string of the molecule is Cc1cc2nnn(C(=O)NC3CCCCC3)c2cc1C. The van der Waals surface area contributed by atoms with Gasteiger partial charge in [-0.3, -0.25) is 0 Å². The fourth-order valence-electron chi connectivity index (χ4n) is 2.81. The number of aromatic nitrogens is 3. The van der Waals surface area contributed by atoms with Crippen molar-refractivity contribution in [1.29, 1.82) is 0 Å². The maximum absolute atomic E-state index is 12.3. The van der Waals surface area contributed by atoms with Crippen LogP contribution >= 0.6 is 0 Å². The number of carbonyl (C=O) groups is 1. The van der Waals surface area contributed by atoms with Crippen molar-refractivity contribution >= 4 is 17.1 Å². The first-order valence-corrected chi connectivity index (χ1v) is 7.28. The fourth-order valence-corrected chi connectivity index (χ4v) is 2.81. The van der Waals surface area contributed by atoms with Crippen LogP contribution in [0.5, 0.6) is 0 Å². The van der Waals surface area contributed by atoms with Crippen molar-refractivity contribution in [2.75, 3.05) is 0 Å². The lowest BCUT2D eigenvalue weighted by Crippen LogP contribution is -2.39. The molecule has 1 heterocycles. The lowest BCUT2D eigenvalue weighted by Gasteiger charge is -2.22.